The van der Waals surface area contributed by atoms with Crippen molar-refractivity contribution >= 4 is 5.91 Å². The summed E-state index contributed by atoms with van der Waals surface area (Å²) in [7, 11) is 6.07. The molecule has 0 unspecified atom stereocenters. The second kappa shape index (κ2) is 7.23. The van der Waals surface area contributed by atoms with Crippen molar-refractivity contribution < 1.29 is 9.32 Å². The number of carbonyl (C=O) groups is 1. The minimum absolute atomic E-state index is 0.0188. The molecular weight excluding hydrogens is 330 g/mol. The maximum absolute atomic E-state index is 12.6. The summed E-state index contributed by atoms with van der Waals surface area (Å²) in [6.45, 7) is 4.88. The molecule has 7 nitrogen and oxygen atoms in total. The zero-order valence-electron chi connectivity index (χ0n) is 16.4. The topological polar surface area (TPSA) is 76.2 Å². The minimum Gasteiger partial charge on any atom is -0.350 e. The fraction of sp³-hybridized carbons (Fsp3) is 0.632. The number of aryl methyl sites for hydroxylation is 1. The largest absolute Gasteiger partial charge is 0.350 e. The van der Waals surface area contributed by atoms with Gasteiger partial charge in [0, 0.05) is 36.5 Å². The highest BCUT2D eigenvalue weighted by Crippen LogP contribution is 2.34. The molecule has 7 heteroatoms. The van der Waals surface area contributed by atoms with Gasteiger partial charge in [0.15, 0.2) is 0 Å². The molecule has 2 heterocycles. The van der Waals surface area contributed by atoms with Crippen molar-refractivity contribution in [1.82, 2.24) is 25.2 Å². The van der Waals surface area contributed by atoms with Crippen LogP contribution in [-0.2, 0) is 7.05 Å². The molecule has 1 aliphatic rings. The molecule has 1 aliphatic carbocycles. The molecule has 0 spiro atoms. The summed E-state index contributed by atoms with van der Waals surface area (Å²) in [5, 5.41) is 11.3. The lowest BCUT2D eigenvalue weighted by Gasteiger charge is -2.44. The average Bonchev–Trinajstić information content (AvgIpc) is 3.22. The fourth-order valence-corrected chi connectivity index (χ4v) is 3.67. The number of nitrogens with one attached hydrogen (secondary N) is 1. The summed E-state index contributed by atoms with van der Waals surface area (Å²) in [4.78, 5) is 14.8. The van der Waals surface area contributed by atoms with Gasteiger partial charge in [-0.15, -0.1) is 0 Å². The lowest BCUT2D eigenvalue weighted by molar-refractivity contribution is 0.0701. The van der Waals surface area contributed by atoms with Gasteiger partial charge in [0.25, 0.3) is 5.91 Å². The first kappa shape index (κ1) is 18.6. The maximum Gasteiger partial charge on any atom is 0.289 e. The fourth-order valence-electron chi connectivity index (χ4n) is 3.67. The molecule has 0 aromatic carbocycles. The van der Waals surface area contributed by atoms with E-state index in [9.17, 15) is 4.79 Å². The van der Waals surface area contributed by atoms with Crippen LogP contribution in [0.1, 0.15) is 48.9 Å². The van der Waals surface area contributed by atoms with Crippen LogP contribution in [0.4, 0.5) is 0 Å². The normalized spacial score (nSPS) is 23.4. The van der Waals surface area contributed by atoms with Gasteiger partial charge < -0.3 is 14.7 Å². The van der Waals surface area contributed by atoms with E-state index in [1.807, 2.05) is 14.0 Å². The van der Waals surface area contributed by atoms with E-state index >= 15 is 0 Å². The average molecular weight is 359 g/mol. The Hall–Kier alpha value is -2.15. The molecule has 26 heavy (non-hydrogen) atoms. The van der Waals surface area contributed by atoms with Crippen LogP contribution in [0.5, 0.6) is 0 Å². The lowest BCUT2D eigenvalue weighted by Crippen LogP contribution is -2.54. The van der Waals surface area contributed by atoms with Crippen LogP contribution in [0.3, 0.4) is 0 Å². The molecule has 0 aliphatic heterocycles. The van der Waals surface area contributed by atoms with E-state index in [1.54, 1.807) is 16.9 Å². The van der Waals surface area contributed by atoms with E-state index in [1.165, 1.54) is 12.8 Å². The molecule has 2 aromatic rings. The van der Waals surface area contributed by atoms with Gasteiger partial charge in [0.05, 0.1) is 6.20 Å². The maximum atomic E-state index is 12.6. The van der Waals surface area contributed by atoms with Gasteiger partial charge in [-0.3, -0.25) is 9.48 Å². The van der Waals surface area contributed by atoms with Crippen molar-refractivity contribution in [3.05, 3.63) is 23.7 Å². The minimum atomic E-state index is -0.217. The second-order valence-electron chi connectivity index (χ2n) is 7.83. The Kier molecular flexibility index (Phi) is 5.18. The highest BCUT2D eigenvalue weighted by atomic mass is 16.5. The Morgan fingerprint density at radius 2 is 2.12 bits per heavy atom. The third kappa shape index (κ3) is 3.53. The Morgan fingerprint density at radius 3 is 2.69 bits per heavy atom. The number of rotatable bonds is 5. The van der Waals surface area contributed by atoms with E-state index in [4.69, 9.17) is 4.52 Å². The predicted molar refractivity (Wildman–Crippen MR) is 99.8 cm³/mol. The quantitative estimate of drug-likeness (QED) is 0.888. The first-order valence-corrected chi connectivity index (χ1v) is 9.24. The number of carbonyl (C=O) groups excluding carboxylic acids is 1. The SMILES string of the molecule is Cc1c(-c2cc(C(=O)NCC3(N(C)C)CCC(C)CC3)on2)cnn1C. The molecular formula is C19H29N5O2. The van der Waals surface area contributed by atoms with E-state index in [2.05, 4.69) is 41.5 Å². The molecule has 2 aromatic heterocycles. The van der Waals surface area contributed by atoms with Crippen molar-refractivity contribution in [2.75, 3.05) is 20.6 Å². The number of hydrogen-bond acceptors (Lipinski definition) is 5. The van der Waals surface area contributed by atoms with Crippen LogP contribution in [0.25, 0.3) is 11.3 Å². The van der Waals surface area contributed by atoms with Gasteiger partial charge in [-0.05, 0) is 52.6 Å². The summed E-state index contributed by atoms with van der Waals surface area (Å²) in [6, 6.07) is 1.69. The number of nitrogens with zero attached hydrogens (tertiary/aromatic N) is 4. The zero-order chi connectivity index (χ0) is 18.9. The van der Waals surface area contributed by atoms with Crippen LogP contribution < -0.4 is 5.32 Å². The molecule has 0 radical (unpaired) electrons. The number of aromatic nitrogens is 3. The van der Waals surface area contributed by atoms with E-state index < -0.39 is 0 Å². The van der Waals surface area contributed by atoms with Crippen molar-refractivity contribution in [3.8, 4) is 11.3 Å². The molecule has 1 saturated carbocycles. The molecule has 0 atom stereocenters. The van der Waals surface area contributed by atoms with Crippen LogP contribution in [0.2, 0.25) is 0 Å². The molecule has 1 N–H and O–H groups in total. The molecule has 1 fully saturated rings. The van der Waals surface area contributed by atoms with Gasteiger partial charge in [0.2, 0.25) is 5.76 Å². The summed E-state index contributed by atoms with van der Waals surface area (Å²) < 4.78 is 7.06. The van der Waals surface area contributed by atoms with Gasteiger partial charge in [-0.25, -0.2) is 0 Å². The van der Waals surface area contributed by atoms with Crippen molar-refractivity contribution in [3.63, 3.8) is 0 Å². The van der Waals surface area contributed by atoms with Crippen molar-refractivity contribution in [1.29, 1.82) is 0 Å². The first-order chi connectivity index (χ1) is 12.3. The highest BCUT2D eigenvalue weighted by Gasteiger charge is 2.36. The Morgan fingerprint density at radius 1 is 1.42 bits per heavy atom. The lowest BCUT2D eigenvalue weighted by atomic mass is 9.76. The monoisotopic (exact) mass is 359 g/mol. The first-order valence-electron chi connectivity index (χ1n) is 9.24. The van der Waals surface area contributed by atoms with Gasteiger partial charge in [0.1, 0.15) is 5.69 Å². The van der Waals surface area contributed by atoms with E-state index in [0.29, 0.717) is 12.2 Å². The van der Waals surface area contributed by atoms with Crippen molar-refractivity contribution in [2.24, 2.45) is 13.0 Å². The van der Waals surface area contributed by atoms with E-state index in [0.717, 1.165) is 30.0 Å². The Balaban J connectivity index is 1.68. The van der Waals surface area contributed by atoms with Crippen LogP contribution in [0, 0.1) is 12.8 Å². The number of likely N-dealkylation sites (N-methyl/N-ethyl adjacent to an activating group) is 1. The highest BCUT2D eigenvalue weighted by molar-refractivity contribution is 5.92. The van der Waals surface area contributed by atoms with Crippen LogP contribution >= 0.6 is 0 Å². The molecule has 0 bridgehead atoms. The van der Waals surface area contributed by atoms with Crippen LogP contribution in [-0.4, -0.2) is 51.9 Å². The van der Waals surface area contributed by atoms with Crippen molar-refractivity contribution in [2.45, 2.75) is 45.1 Å². The molecule has 0 saturated heterocycles. The summed E-state index contributed by atoms with van der Waals surface area (Å²) in [5.74, 6) is 0.782. The summed E-state index contributed by atoms with van der Waals surface area (Å²) in [5.41, 5.74) is 2.51. The summed E-state index contributed by atoms with van der Waals surface area (Å²) in [6.07, 6.45) is 6.32. The number of hydrogen-bond donors (Lipinski definition) is 1. The summed E-state index contributed by atoms with van der Waals surface area (Å²) >= 11 is 0. The predicted octanol–water partition coefficient (Wildman–Crippen LogP) is 2.62. The standard InChI is InChI=1S/C19H29N5O2/c1-13-6-8-19(9-7-13,23(3)4)12-20-18(25)17-10-16(22-26-17)15-11-21-24(5)14(15)2/h10-11,13H,6-9,12H2,1-5H3,(H,20,25). The number of amides is 1. The van der Waals surface area contributed by atoms with E-state index in [-0.39, 0.29) is 17.2 Å². The third-order valence-electron chi connectivity index (χ3n) is 5.98. The van der Waals surface area contributed by atoms with Gasteiger partial charge in [-0.1, -0.05) is 12.1 Å². The molecule has 1 amide bonds. The third-order valence-corrected chi connectivity index (χ3v) is 5.98. The second-order valence-corrected chi connectivity index (χ2v) is 7.83. The Labute approximate surface area is 154 Å². The smallest absolute Gasteiger partial charge is 0.289 e. The zero-order valence-corrected chi connectivity index (χ0v) is 16.4. The van der Waals surface area contributed by atoms with Crippen LogP contribution in [0.15, 0.2) is 16.8 Å². The van der Waals surface area contributed by atoms with Gasteiger partial charge in [-0.2, -0.15) is 5.10 Å². The molecule has 3 rings (SSSR count). The Bertz CT molecular complexity index is 769. The van der Waals surface area contributed by atoms with Gasteiger partial charge >= 0.3 is 0 Å². The molecule has 142 valence electrons.